The van der Waals surface area contributed by atoms with E-state index in [1.165, 1.54) is 0 Å². The highest BCUT2D eigenvalue weighted by Gasteiger charge is 2.02. The van der Waals surface area contributed by atoms with E-state index in [-0.39, 0.29) is 20.8 Å². The van der Waals surface area contributed by atoms with Crippen LogP contribution in [0.15, 0.2) is 10.9 Å². The van der Waals surface area contributed by atoms with Crippen molar-refractivity contribution in [1.29, 1.82) is 0 Å². The number of aromatic nitrogens is 1. The van der Waals surface area contributed by atoms with Crippen LogP contribution in [0.3, 0.4) is 0 Å². The van der Waals surface area contributed by atoms with Crippen LogP contribution in [0.1, 0.15) is 0 Å². The fraction of sp³-hybridized carbons (Fsp3) is 0. The monoisotopic (exact) mass is 197 g/mol. The maximum Gasteiger partial charge on any atom is 0.250 e. The molecule has 2 nitrogen and oxygen atoms in total. The molecule has 0 bridgehead atoms. The van der Waals surface area contributed by atoms with Gasteiger partial charge in [0.25, 0.3) is 5.56 Å². The standard InChI is InChI=1S/C5H2Cl3NO/c6-2-1-3(10)9-5(8)4(2)7/h1H,(H,9,10). The van der Waals surface area contributed by atoms with Gasteiger partial charge >= 0.3 is 0 Å². The number of hydrogen-bond acceptors (Lipinski definition) is 1. The van der Waals surface area contributed by atoms with Crippen LogP contribution in [0.5, 0.6) is 0 Å². The first-order valence-corrected chi connectivity index (χ1v) is 3.48. The first-order chi connectivity index (χ1) is 4.61. The van der Waals surface area contributed by atoms with Gasteiger partial charge < -0.3 is 4.98 Å². The van der Waals surface area contributed by atoms with Gasteiger partial charge in [-0.2, -0.15) is 0 Å². The summed E-state index contributed by atoms with van der Waals surface area (Å²) >= 11 is 16.4. The molecule has 0 saturated carbocycles. The highest BCUT2D eigenvalue weighted by Crippen LogP contribution is 2.25. The number of nitrogens with one attached hydrogen (secondary N) is 1. The quantitative estimate of drug-likeness (QED) is 0.638. The second kappa shape index (κ2) is 2.82. The molecule has 0 aliphatic heterocycles. The SMILES string of the molecule is O=c1cc(Cl)c(Cl)c(Cl)[nH]1. The van der Waals surface area contributed by atoms with Gasteiger partial charge in [-0.05, 0) is 0 Å². The number of H-pyrrole nitrogens is 1. The van der Waals surface area contributed by atoms with Crippen molar-refractivity contribution in [2.75, 3.05) is 0 Å². The molecule has 0 spiro atoms. The van der Waals surface area contributed by atoms with E-state index in [9.17, 15) is 4.79 Å². The van der Waals surface area contributed by atoms with Crippen LogP contribution in [0.25, 0.3) is 0 Å². The Bertz CT molecular complexity index is 280. The molecule has 1 aromatic heterocycles. The molecule has 1 aromatic rings. The van der Waals surface area contributed by atoms with Crippen molar-refractivity contribution >= 4 is 34.8 Å². The average Bonchev–Trinajstić information content (AvgIpc) is 1.82. The molecule has 0 radical (unpaired) electrons. The second-order valence-corrected chi connectivity index (χ2v) is 2.77. The van der Waals surface area contributed by atoms with Crippen LogP contribution >= 0.6 is 34.8 Å². The molecule has 0 unspecified atom stereocenters. The van der Waals surface area contributed by atoms with E-state index in [1.54, 1.807) is 0 Å². The lowest BCUT2D eigenvalue weighted by Gasteiger charge is -1.94. The van der Waals surface area contributed by atoms with Crippen molar-refractivity contribution in [1.82, 2.24) is 4.98 Å². The lowest BCUT2D eigenvalue weighted by Crippen LogP contribution is -2.03. The Morgan fingerprint density at radius 3 is 2.40 bits per heavy atom. The summed E-state index contributed by atoms with van der Waals surface area (Å²) < 4.78 is 0. The Kier molecular flexibility index (Phi) is 2.24. The van der Waals surface area contributed by atoms with Gasteiger partial charge in [-0.15, -0.1) is 0 Å². The Morgan fingerprint density at radius 2 is 1.90 bits per heavy atom. The molecule has 0 saturated heterocycles. The van der Waals surface area contributed by atoms with Crippen LogP contribution < -0.4 is 5.56 Å². The Balaban J connectivity index is 3.46. The number of rotatable bonds is 0. The zero-order valence-corrected chi connectivity index (χ0v) is 6.89. The van der Waals surface area contributed by atoms with Gasteiger partial charge in [0.05, 0.1) is 10.0 Å². The summed E-state index contributed by atoms with van der Waals surface area (Å²) in [5.41, 5.74) is -0.362. The van der Waals surface area contributed by atoms with Crippen molar-refractivity contribution in [2.24, 2.45) is 0 Å². The van der Waals surface area contributed by atoms with E-state index in [1.807, 2.05) is 0 Å². The smallest absolute Gasteiger partial charge is 0.250 e. The third-order valence-electron chi connectivity index (χ3n) is 0.893. The van der Waals surface area contributed by atoms with E-state index in [2.05, 4.69) is 4.98 Å². The lowest BCUT2D eigenvalue weighted by molar-refractivity contribution is 1.24. The van der Waals surface area contributed by atoms with Crippen molar-refractivity contribution in [3.63, 3.8) is 0 Å². The van der Waals surface area contributed by atoms with Crippen LogP contribution in [0.4, 0.5) is 0 Å². The number of pyridine rings is 1. The molecular formula is C5H2Cl3NO. The van der Waals surface area contributed by atoms with Gasteiger partial charge in [0.1, 0.15) is 5.15 Å². The summed E-state index contributed by atoms with van der Waals surface area (Å²) in [6.45, 7) is 0. The molecule has 0 amide bonds. The minimum Gasteiger partial charge on any atom is -0.312 e. The molecular weight excluding hydrogens is 196 g/mol. The number of halogens is 3. The third kappa shape index (κ3) is 1.45. The molecule has 1 heterocycles. The Hall–Kier alpha value is -0.180. The molecule has 0 aromatic carbocycles. The summed E-state index contributed by atoms with van der Waals surface area (Å²) in [4.78, 5) is 12.9. The molecule has 0 atom stereocenters. The summed E-state index contributed by atoms with van der Waals surface area (Å²) in [6, 6.07) is 1.16. The van der Waals surface area contributed by atoms with Gasteiger partial charge in [0.15, 0.2) is 0 Å². The van der Waals surface area contributed by atoms with Crippen LogP contribution in [0, 0.1) is 0 Å². The minimum atomic E-state index is -0.362. The zero-order chi connectivity index (χ0) is 7.72. The van der Waals surface area contributed by atoms with E-state index >= 15 is 0 Å². The maximum atomic E-state index is 10.6. The normalized spacial score (nSPS) is 9.90. The Labute approximate surface area is 71.7 Å². The fourth-order valence-electron chi connectivity index (χ4n) is 0.482. The molecule has 10 heavy (non-hydrogen) atoms. The molecule has 54 valence electrons. The topological polar surface area (TPSA) is 32.9 Å². The highest BCUT2D eigenvalue weighted by atomic mass is 35.5. The first kappa shape index (κ1) is 7.92. The fourth-order valence-corrected chi connectivity index (χ4v) is 1.02. The molecule has 0 aliphatic carbocycles. The first-order valence-electron chi connectivity index (χ1n) is 2.35. The van der Waals surface area contributed by atoms with Crippen LogP contribution in [-0.2, 0) is 0 Å². The van der Waals surface area contributed by atoms with E-state index < -0.39 is 0 Å². The van der Waals surface area contributed by atoms with Crippen LogP contribution in [-0.4, -0.2) is 4.98 Å². The summed E-state index contributed by atoms with van der Waals surface area (Å²) in [6.07, 6.45) is 0. The number of aromatic amines is 1. The van der Waals surface area contributed by atoms with Crippen molar-refractivity contribution < 1.29 is 0 Å². The van der Waals surface area contributed by atoms with Gasteiger partial charge in [0.2, 0.25) is 0 Å². The second-order valence-electron chi connectivity index (χ2n) is 1.61. The van der Waals surface area contributed by atoms with Gasteiger partial charge in [0, 0.05) is 6.07 Å². The van der Waals surface area contributed by atoms with Gasteiger partial charge in [-0.25, -0.2) is 0 Å². The predicted molar refractivity (Wildman–Crippen MR) is 42.1 cm³/mol. The highest BCUT2D eigenvalue weighted by molar-refractivity contribution is 6.47. The third-order valence-corrected chi connectivity index (χ3v) is 2.06. The summed E-state index contributed by atoms with van der Waals surface area (Å²) in [5.74, 6) is 0. The molecule has 0 fully saturated rings. The number of hydrogen-bond donors (Lipinski definition) is 1. The molecule has 1 rings (SSSR count). The van der Waals surface area contributed by atoms with Crippen molar-refractivity contribution in [3.8, 4) is 0 Å². The van der Waals surface area contributed by atoms with E-state index in [0.717, 1.165) is 6.07 Å². The van der Waals surface area contributed by atoms with Gasteiger partial charge in [-0.3, -0.25) is 4.79 Å². The van der Waals surface area contributed by atoms with E-state index in [4.69, 9.17) is 34.8 Å². The van der Waals surface area contributed by atoms with Crippen molar-refractivity contribution in [2.45, 2.75) is 0 Å². The summed E-state index contributed by atoms with van der Waals surface area (Å²) in [7, 11) is 0. The lowest BCUT2D eigenvalue weighted by atomic mass is 10.5. The molecule has 5 heteroatoms. The predicted octanol–water partition coefficient (Wildman–Crippen LogP) is 2.34. The molecule has 1 N–H and O–H groups in total. The van der Waals surface area contributed by atoms with Gasteiger partial charge in [-0.1, -0.05) is 34.8 Å². The Morgan fingerprint density at radius 1 is 1.30 bits per heavy atom. The minimum absolute atomic E-state index is 0.0687. The maximum absolute atomic E-state index is 10.6. The van der Waals surface area contributed by atoms with Crippen molar-refractivity contribution in [3.05, 3.63) is 31.6 Å². The zero-order valence-electron chi connectivity index (χ0n) is 4.62. The average molecular weight is 198 g/mol. The summed E-state index contributed by atoms with van der Waals surface area (Å²) in [5, 5.41) is 0.400. The molecule has 0 aliphatic rings. The largest absolute Gasteiger partial charge is 0.312 e. The van der Waals surface area contributed by atoms with E-state index in [0.29, 0.717) is 0 Å². The van der Waals surface area contributed by atoms with Crippen LogP contribution in [0.2, 0.25) is 15.2 Å².